The van der Waals surface area contributed by atoms with E-state index < -0.39 is 11.5 Å². The first-order chi connectivity index (χ1) is 13.7. The van der Waals surface area contributed by atoms with Crippen LogP contribution >= 0.6 is 0 Å². The van der Waals surface area contributed by atoms with Gasteiger partial charge in [0.05, 0.1) is 27.8 Å². The molecule has 8 heteroatoms. The highest BCUT2D eigenvalue weighted by Crippen LogP contribution is 2.33. The number of hydrogen-bond acceptors (Lipinski definition) is 6. The van der Waals surface area contributed by atoms with Crippen LogP contribution in [0.4, 0.5) is 5.69 Å². The second-order valence-electron chi connectivity index (χ2n) is 7.99. The number of rotatable bonds is 6. The van der Waals surface area contributed by atoms with E-state index in [1.165, 1.54) is 0 Å². The molecule has 8 nitrogen and oxygen atoms in total. The largest absolute Gasteiger partial charge is 0.490 e. The Kier molecular flexibility index (Phi) is 5.93. The van der Waals surface area contributed by atoms with E-state index in [2.05, 4.69) is 10.3 Å². The predicted molar refractivity (Wildman–Crippen MR) is 109 cm³/mol. The molecule has 156 valence electrons. The van der Waals surface area contributed by atoms with Gasteiger partial charge in [-0.15, -0.1) is 0 Å². The first-order valence-electron chi connectivity index (χ1n) is 9.64. The maximum absolute atomic E-state index is 12.5. The van der Waals surface area contributed by atoms with Gasteiger partial charge in [0, 0.05) is 19.1 Å². The molecule has 0 spiro atoms. The number of nitrogens with two attached hydrogens (primary N) is 1. The lowest BCUT2D eigenvalue weighted by Crippen LogP contribution is -2.50. The second-order valence-corrected chi connectivity index (χ2v) is 7.99. The number of aromatic nitrogens is 1. The number of amides is 1. The molecule has 3 rings (SSSR count). The number of benzene rings is 1. The monoisotopic (exact) mass is 401 g/mol. The van der Waals surface area contributed by atoms with Gasteiger partial charge in [-0.2, -0.15) is 0 Å². The van der Waals surface area contributed by atoms with E-state index in [0.29, 0.717) is 48.4 Å². The molecule has 0 unspecified atom stereocenters. The number of nitrogen functional groups attached to an aromatic ring is 1. The second kappa shape index (κ2) is 8.24. The molecule has 29 heavy (non-hydrogen) atoms. The van der Waals surface area contributed by atoms with Crippen molar-refractivity contribution in [3.8, 4) is 5.75 Å². The van der Waals surface area contributed by atoms with E-state index in [4.69, 9.17) is 15.2 Å². The Hall–Kier alpha value is -2.87. The SMILES string of the molecule is Cc1nc2cccc(OCC(C)(C)NC(=O)C3CCOCC3)c2c(N)c1C(=O)O. The maximum atomic E-state index is 12.5. The quantitative estimate of drug-likeness (QED) is 0.679. The normalized spacial score (nSPS) is 15.3. The third-order valence-electron chi connectivity index (χ3n) is 5.05. The van der Waals surface area contributed by atoms with Crippen LogP contribution in [0.15, 0.2) is 18.2 Å². The van der Waals surface area contributed by atoms with Gasteiger partial charge in [-0.25, -0.2) is 4.79 Å². The highest BCUT2D eigenvalue weighted by atomic mass is 16.5. The smallest absolute Gasteiger partial charge is 0.339 e. The van der Waals surface area contributed by atoms with Gasteiger partial charge in [0.15, 0.2) is 0 Å². The molecule has 1 aliphatic heterocycles. The van der Waals surface area contributed by atoms with Crippen LogP contribution in [-0.2, 0) is 9.53 Å². The number of carboxylic acids is 1. The number of aryl methyl sites for hydroxylation is 1. The number of hydrogen-bond donors (Lipinski definition) is 3. The molecule has 1 amide bonds. The summed E-state index contributed by atoms with van der Waals surface area (Å²) < 4.78 is 11.3. The molecule has 0 radical (unpaired) electrons. The van der Waals surface area contributed by atoms with E-state index in [1.807, 2.05) is 13.8 Å². The number of carbonyl (C=O) groups excluding carboxylic acids is 1. The van der Waals surface area contributed by atoms with Crippen molar-refractivity contribution in [3.05, 3.63) is 29.5 Å². The number of pyridine rings is 1. The van der Waals surface area contributed by atoms with Gasteiger partial charge < -0.3 is 25.6 Å². The Bertz CT molecular complexity index is 936. The number of anilines is 1. The fourth-order valence-corrected chi connectivity index (χ4v) is 3.52. The maximum Gasteiger partial charge on any atom is 0.339 e. The molecule has 0 atom stereocenters. The standard InChI is InChI=1S/C21H27N3O5/c1-12-16(20(26)27)18(22)17-14(23-12)5-4-6-15(17)29-11-21(2,3)24-19(25)13-7-9-28-10-8-13/h4-6,13H,7-11H2,1-3H3,(H2,22,23)(H,24,25)(H,26,27). The zero-order valence-corrected chi connectivity index (χ0v) is 16.9. The average Bonchev–Trinajstić information content (AvgIpc) is 2.66. The first-order valence-corrected chi connectivity index (χ1v) is 9.64. The van der Waals surface area contributed by atoms with E-state index in [9.17, 15) is 14.7 Å². The van der Waals surface area contributed by atoms with Crippen LogP contribution in [-0.4, -0.2) is 47.3 Å². The highest BCUT2D eigenvalue weighted by Gasteiger charge is 2.28. The van der Waals surface area contributed by atoms with Crippen molar-refractivity contribution in [2.24, 2.45) is 5.92 Å². The summed E-state index contributed by atoms with van der Waals surface area (Å²) in [6.07, 6.45) is 1.43. The average molecular weight is 401 g/mol. The van der Waals surface area contributed by atoms with E-state index >= 15 is 0 Å². The number of fused-ring (bicyclic) bond motifs is 1. The lowest BCUT2D eigenvalue weighted by Gasteiger charge is -2.30. The number of nitrogens with one attached hydrogen (secondary N) is 1. The molecule has 0 aliphatic carbocycles. The van der Waals surface area contributed by atoms with Crippen molar-refractivity contribution in [2.75, 3.05) is 25.6 Å². The van der Waals surface area contributed by atoms with Gasteiger partial charge in [0.1, 0.15) is 17.9 Å². The fraction of sp³-hybridized carbons (Fsp3) is 0.476. The number of carboxylic acid groups (broad SMARTS) is 1. The number of ether oxygens (including phenoxy) is 2. The van der Waals surface area contributed by atoms with Crippen molar-refractivity contribution < 1.29 is 24.2 Å². The summed E-state index contributed by atoms with van der Waals surface area (Å²) in [5.74, 6) is -0.761. The van der Waals surface area contributed by atoms with Gasteiger partial charge in [-0.05, 0) is 45.7 Å². The summed E-state index contributed by atoms with van der Waals surface area (Å²) in [6, 6.07) is 5.25. The summed E-state index contributed by atoms with van der Waals surface area (Å²) >= 11 is 0. The Labute approximate surface area is 169 Å². The van der Waals surface area contributed by atoms with Gasteiger partial charge in [-0.1, -0.05) is 6.07 Å². The van der Waals surface area contributed by atoms with Crippen molar-refractivity contribution >= 4 is 28.5 Å². The molecule has 4 N–H and O–H groups in total. The fourth-order valence-electron chi connectivity index (χ4n) is 3.52. The van der Waals surface area contributed by atoms with Gasteiger partial charge in [0.2, 0.25) is 5.91 Å². The molecule has 1 aromatic heterocycles. The van der Waals surface area contributed by atoms with Crippen LogP contribution in [0.5, 0.6) is 5.75 Å². The minimum Gasteiger partial charge on any atom is -0.490 e. The van der Waals surface area contributed by atoms with Crippen molar-refractivity contribution in [1.29, 1.82) is 0 Å². The summed E-state index contributed by atoms with van der Waals surface area (Å²) in [5, 5.41) is 13.0. The summed E-state index contributed by atoms with van der Waals surface area (Å²) in [7, 11) is 0. The van der Waals surface area contributed by atoms with Crippen LogP contribution < -0.4 is 15.8 Å². The van der Waals surface area contributed by atoms with Crippen LogP contribution in [0, 0.1) is 12.8 Å². The minimum absolute atomic E-state index is 0.00946. The molecule has 1 aliphatic rings. The molecule has 1 saturated heterocycles. The molecule has 1 aromatic carbocycles. The van der Waals surface area contributed by atoms with Crippen molar-refractivity contribution in [1.82, 2.24) is 10.3 Å². The number of carbonyl (C=O) groups is 2. The Morgan fingerprint density at radius 2 is 2.03 bits per heavy atom. The van der Waals surface area contributed by atoms with E-state index in [-0.39, 0.29) is 29.7 Å². The van der Waals surface area contributed by atoms with Gasteiger partial charge in [0.25, 0.3) is 0 Å². The van der Waals surface area contributed by atoms with Gasteiger partial charge in [-0.3, -0.25) is 9.78 Å². The van der Waals surface area contributed by atoms with Gasteiger partial charge >= 0.3 is 5.97 Å². The van der Waals surface area contributed by atoms with Crippen LogP contribution in [0.1, 0.15) is 42.7 Å². The zero-order chi connectivity index (χ0) is 21.2. The van der Waals surface area contributed by atoms with Crippen molar-refractivity contribution in [2.45, 2.75) is 39.2 Å². The minimum atomic E-state index is -1.13. The Balaban J connectivity index is 1.80. The zero-order valence-electron chi connectivity index (χ0n) is 16.9. The predicted octanol–water partition coefficient (Wildman–Crippen LogP) is 2.52. The lowest BCUT2D eigenvalue weighted by molar-refractivity contribution is -0.129. The molecule has 0 bridgehead atoms. The summed E-state index contributed by atoms with van der Waals surface area (Å²) in [6.45, 7) is 6.76. The number of aromatic carboxylic acids is 1. The van der Waals surface area contributed by atoms with Crippen LogP contribution in [0.2, 0.25) is 0 Å². The Morgan fingerprint density at radius 1 is 1.34 bits per heavy atom. The molecule has 0 saturated carbocycles. The molecule has 1 fully saturated rings. The summed E-state index contributed by atoms with van der Waals surface area (Å²) in [5.41, 5.74) is 6.54. The van der Waals surface area contributed by atoms with Crippen LogP contribution in [0.3, 0.4) is 0 Å². The van der Waals surface area contributed by atoms with E-state index in [0.717, 1.165) is 0 Å². The third-order valence-corrected chi connectivity index (χ3v) is 5.05. The topological polar surface area (TPSA) is 124 Å². The summed E-state index contributed by atoms with van der Waals surface area (Å²) in [4.78, 5) is 28.5. The molecule has 2 heterocycles. The Morgan fingerprint density at radius 3 is 2.69 bits per heavy atom. The van der Waals surface area contributed by atoms with Crippen LogP contribution in [0.25, 0.3) is 10.9 Å². The lowest BCUT2D eigenvalue weighted by atomic mass is 9.97. The third kappa shape index (κ3) is 4.59. The molecule has 2 aromatic rings. The molecular formula is C21H27N3O5. The van der Waals surface area contributed by atoms with Crippen molar-refractivity contribution in [3.63, 3.8) is 0 Å². The number of nitrogens with zero attached hydrogens (tertiary/aromatic N) is 1. The first kappa shape index (κ1) is 20.9. The van der Waals surface area contributed by atoms with E-state index in [1.54, 1.807) is 25.1 Å². The highest BCUT2D eigenvalue weighted by molar-refractivity contribution is 6.06. The molecular weight excluding hydrogens is 374 g/mol.